The Morgan fingerprint density at radius 3 is 2.77 bits per heavy atom. The monoisotopic (exact) mass is 183 g/mol. The number of hydrogen-bond acceptors (Lipinski definition) is 2. The van der Waals surface area contributed by atoms with E-state index in [0.717, 1.165) is 12.3 Å². The summed E-state index contributed by atoms with van der Waals surface area (Å²) in [6, 6.07) is 0.529. The van der Waals surface area contributed by atoms with Crippen LogP contribution in [0.3, 0.4) is 0 Å². The maximum absolute atomic E-state index is 5.17. The smallest absolute Gasteiger partial charge is 0.183 e. The molecule has 2 atom stereocenters. The summed E-state index contributed by atoms with van der Waals surface area (Å²) in [5.41, 5.74) is 0. The Labute approximate surface area is 81.4 Å². The third-order valence-electron chi connectivity index (χ3n) is 2.80. The molecular formula is C11H21NO. The predicted octanol–water partition coefficient (Wildman–Crippen LogP) is 3.02. The lowest BCUT2D eigenvalue weighted by Crippen LogP contribution is -2.10. The Morgan fingerprint density at radius 2 is 2.23 bits per heavy atom. The second-order valence-corrected chi connectivity index (χ2v) is 3.97. The first-order valence-corrected chi connectivity index (χ1v) is 5.38. The fourth-order valence-electron chi connectivity index (χ4n) is 1.86. The molecule has 2 heteroatoms. The van der Waals surface area contributed by atoms with E-state index in [1.54, 1.807) is 7.11 Å². The van der Waals surface area contributed by atoms with Crippen LogP contribution in [-0.4, -0.2) is 19.0 Å². The molecule has 1 aliphatic heterocycles. The van der Waals surface area contributed by atoms with Crippen LogP contribution in [0.1, 0.15) is 46.0 Å². The van der Waals surface area contributed by atoms with Gasteiger partial charge in [-0.1, -0.05) is 33.1 Å². The summed E-state index contributed by atoms with van der Waals surface area (Å²) in [6.45, 7) is 4.51. The quantitative estimate of drug-likeness (QED) is 0.614. The molecule has 1 rings (SSSR count). The lowest BCUT2D eigenvalue weighted by Gasteiger charge is -2.11. The molecule has 0 aromatic carbocycles. The van der Waals surface area contributed by atoms with Crippen molar-refractivity contribution in [2.45, 2.75) is 52.0 Å². The highest BCUT2D eigenvalue weighted by molar-refractivity contribution is 5.78. The van der Waals surface area contributed by atoms with Crippen molar-refractivity contribution in [2.75, 3.05) is 7.11 Å². The van der Waals surface area contributed by atoms with Crippen molar-refractivity contribution in [3.8, 4) is 0 Å². The van der Waals surface area contributed by atoms with Gasteiger partial charge in [0, 0.05) is 6.42 Å². The van der Waals surface area contributed by atoms with Crippen LogP contribution in [0.15, 0.2) is 4.99 Å². The molecule has 0 fully saturated rings. The minimum Gasteiger partial charge on any atom is -0.484 e. The predicted molar refractivity (Wildman–Crippen MR) is 56.2 cm³/mol. The maximum atomic E-state index is 5.17. The van der Waals surface area contributed by atoms with Gasteiger partial charge in [-0.3, -0.25) is 4.99 Å². The van der Waals surface area contributed by atoms with E-state index in [9.17, 15) is 0 Å². The number of methoxy groups -OCH3 is 1. The van der Waals surface area contributed by atoms with Gasteiger partial charge in [-0.25, -0.2) is 0 Å². The molecule has 0 bridgehead atoms. The highest BCUT2D eigenvalue weighted by Crippen LogP contribution is 2.25. The third kappa shape index (κ3) is 3.02. The van der Waals surface area contributed by atoms with E-state index >= 15 is 0 Å². The molecule has 0 aromatic heterocycles. The SMILES string of the molecule is CCCCC[C@H]1N=C(OC)C[C@H]1C. The highest BCUT2D eigenvalue weighted by Gasteiger charge is 2.25. The lowest BCUT2D eigenvalue weighted by atomic mass is 9.97. The van der Waals surface area contributed by atoms with Crippen molar-refractivity contribution in [3.63, 3.8) is 0 Å². The van der Waals surface area contributed by atoms with Crippen molar-refractivity contribution in [1.29, 1.82) is 0 Å². The van der Waals surface area contributed by atoms with Gasteiger partial charge in [0.15, 0.2) is 5.90 Å². The zero-order valence-corrected chi connectivity index (χ0v) is 9.05. The van der Waals surface area contributed by atoms with Gasteiger partial charge < -0.3 is 4.74 Å². The summed E-state index contributed by atoms with van der Waals surface area (Å²) in [7, 11) is 1.72. The first-order valence-electron chi connectivity index (χ1n) is 5.38. The van der Waals surface area contributed by atoms with E-state index in [-0.39, 0.29) is 0 Å². The van der Waals surface area contributed by atoms with E-state index in [1.807, 2.05) is 0 Å². The molecule has 1 heterocycles. The molecular weight excluding hydrogens is 162 g/mol. The Kier molecular flexibility index (Phi) is 4.26. The Bertz CT molecular complexity index is 177. The second kappa shape index (κ2) is 5.25. The second-order valence-electron chi connectivity index (χ2n) is 3.97. The molecule has 0 aliphatic carbocycles. The fraction of sp³-hybridized carbons (Fsp3) is 0.909. The van der Waals surface area contributed by atoms with Gasteiger partial charge in [0.25, 0.3) is 0 Å². The molecule has 0 amide bonds. The fourth-order valence-corrected chi connectivity index (χ4v) is 1.86. The summed E-state index contributed by atoms with van der Waals surface area (Å²) in [4.78, 5) is 4.55. The van der Waals surface area contributed by atoms with Gasteiger partial charge in [0.2, 0.25) is 0 Å². The topological polar surface area (TPSA) is 21.6 Å². The number of aliphatic imine (C=N–C) groups is 1. The number of hydrogen-bond donors (Lipinski definition) is 0. The molecule has 0 saturated heterocycles. The third-order valence-corrected chi connectivity index (χ3v) is 2.80. The normalized spacial score (nSPS) is 27.5. The molecule has 0 saturated carbocycles. The molecule has 76 valence electrons. The van der Waals surface area contributed by atoms with Crippen molar-refractivity contribution in [2.24, 2.45) is 10.9 Å². The standard InChI is InChI=1S/C11H21NO/c1-4-5-6-7-10-9(2)8-11(12-10)13-3/h9-10H,4-8H2,1-3H3/t9-,10-/m1/s1. The van der Waals surface area contributed by atoms with Gasteiger partial charge in [-0.05, 0) is 12.3 Å². The lowest BCUT2D eigenvalue weighted by molar-refractivity contribution is 0.390. The minimum atomic E-state index is 0.529. The van der Waals surface area contributed by atoms with E-state index < -0.39 is 0 Å². The highest BCUT2D eigenvalue weighted by atomic mass is 16.5. The maximum Gasteiger partial charge on any atom is 0.183 e. The summed E-state index contributed by atoms with van der Waals surface area (Å²) < 4.78 is 5.17. The van der Waals surface area contributed by atoms with Gasteiger partial charge in [-0.2, -0.15) is 0 Å². The molecule has 0 aromatic rings. The first-order chi connectivity index (χ1) is 6.27. The number of rotatable bonds is 4. The van der Waals surface area contributed by atoms with Crippen LogP contribution >= 0.6 is 0 Å². The Morgan fingerprint density at radius 1 is 1.46 bits per heavy atom. The summed E-state index contributed by atoms with van der Waals surface area (Å²) in [5, 5.41) is 0. The molecule has 0 N–H and O–H groups in total. The molecule has 13 heavy (non-hydrogen) atoms. The van der Waals surface area contributed by atoms with Crippen molar-refractivity contribution >= 4 is 5.90 Å². The summed E-state index contributed by atoms with van der Waals surface area (Å²) >= 11 is 0. The van der Waals surface area contributed by atoms with Crippen LogP contribution in [0.25, 0.3) is 0 Å². The van der Waals surface area contributed by atoms with Gasteiger partial charge in [0.1, 0.15) is 0 Å². The van der Waals surface area contributed by atoms with Crippen LogP contribution in [0.2, 0.25) is 0 Å². The van der Waals surface area contributed by atoms with Crippen molar-refractivity contribution in [1.82, 2.24) is 0 Å². The molecule has 1 aliphatic rings. The Hall–Kier alpha value is -0.530. The molecule has 0 spiro atoms. The number of ether oxygens (including phenoxy) is 1. The van der Waals surface area contributed by atoms with Gasteiger partial charge >= 0.3 is 0 Å². The Balaban J connectivity index is 2.28. The van der Waals surface area contributed by atoms with Crippen LogP contribution < -0.4 is 0 Å². The van der Waals surface area contributed by atoms with Crippen LogP contribution in [0, 0.1) is 5.92 Å². The average Bonchev–Trinajstić information content (AvgIpc) is 2.48. The zero-order chi connectivity index (χ0) is 9.68. The van der Waals surface area contributed by atoms with E-state index in [0.29, 0.717) is 12.0 Å². The largest absolute Gasteiger partial charge is 0.484 e. The summed E-state index contributed by atoms with van der Waals surface area (Å²) in [5.74, 6) is 1.64. The van der Waals surface area contributed by atoms with Crippen LogP contribution in [-0.2, 0) is 4.74 Å². The van der Waals surface area contributed by atoms with Gasteiger partial charge in [0.05, 0.1) is 13.2 Å². The molecule has 0 unspecified atom stereocenters. The van der Waals surface area contributed by atoms with E-state index in [4.69, 9.17) is 4.74 Å². The molecule has 0 radical (unpaired) electrons. The van der Waals surface area contributed by atoms with E-state index in [2.05, 4.69) is 18.8 Å². The van der Waals surface area contributed by atoms with Crippen LogP contribution in [0.4, 0.5) is 0 Å². The number of unbranched alkanes of at least 4 members (excludes halogenated alkanes) is 2. The molecule has 2 nitrogen and oxygen atoms in total. The average molecular weight is 183 g/mol. The van der Waals surface area contributed by atoms with Crippen LogP contribution in [0.5, 0.6) is 0 Å². The summed E-state index contributed by atoms with van der Waals surface area (Å²) in [6.07, 6.45) is 6.21. The minimum absolute atomic E-state index is 0.529. The van der Waals surface area contributed by atoms with E-state index in [1.165, 1.54) is 25.7 Å². The van der Waals surface area contributed by atoms with Crippen molar-refractivity contribution in [3.05, 3.63) is 0 Å². The zero-order valence-electron chi connectivity index (χ0n) is 9.05. The van der Waals surface area contributed by atoms with Gasteiger partial charge in [-0.15, -0.1) is 0 Å². The number of nitrogens with zero attached hydrogens (tertiary/aromatic N) is 1. The van der Waals surface area contributed by atoms with Crippen molar-refractivity contribution < 1.29 is 4.74 Å². The first kappa shape index (κ1) is 10.6.